The van der Waals surface area contributed by atoms with Crippen LogP contribution in [0.25, 0.3) is 10.2 Å². The van der Waals surface area contributed by atoms with E-state index in [9.17, 15) is 9.59 Å². The van der Waals surface area contributed by atoms with Gasteiger partial charge in [0.1, 0.15) is 5.75 Å². The molecule has 0 radical (unpaired) electrons. The van der Waals surface area contributed by atoms with Crippen LogP contribution in [-0.4, -0.2) is 30.6 Å². The summed E-state index contributed by atoms with van der Waals surface area (Å²) in [6.45, 7) is -0.275. The first-order chi connectivity index (χ1) is 12.6. The van der Waals surface area contributed by atoms with Crippen LogP contribution < -0.4 is 10.1 Å². The summed E-state index contributed by atoms with van der Waals surface area (Å²) in [5.41, 5.74) is 0.788. The molecule has 0 atom stereocenters. The van der Waals surface area contributed by atoms with Crippen molar-refractivity contribution in [2.75, 3.05) is 19.0 Å². The van der Waals surface area contributed by atoms with Gasteiger partial charge in [-0.2, -0.15) is 0 Å². The predicted molar refractivity (Wildman–Crippen MR) is 102 cm³/mol. The second kappa shape index (κ2) is 8.98. The average Bonchev–Trinajstić information content (AvgIpc) is 3.06. The molecular formula is C19H24N2O4S. The lowest BCUT2D eigenvalue weighted by Crippen LogP contribution is -2.21. The second-order valence-corrected chi connectivity index (χ2v) is 7.63. The topological polar surface area (TPSA) is 77.5 Å². The Labute approximate surface area is 156 Å². The lowest BCUT2D eigenvalue weighted by atomic mass is 9.86. The summed E-state index contributed by atoms with van der Waals surface area (Å²) in [4.78, 5) is 28.1. The van der Waals surface area contributed by atoms with Gasteiger partial charge in [-0.05, 0) is 30.5 Å². The molecule has 0 unspecified atom stereocenters. The van der Waals surface area contributed by atoms with E-state index >= 15 is 0 Å². The number of thiazole rings is 1. The van der Waals surface area contributed by atoms with Gasteiger partial charge in [0.15, 0.2) is 11.7 Å². The van der Waals surface area contributed by atoms with E-state index in [1.807, 2.05) is 18.2 Å². The number of nitrogens with zero attached hydrogens (tertiary/aromatic N) is 1. The van der Waals surface area contributed by atoms with Crippen LogP contribution >= 0.6 is 11.3 Å². The summed E-state index contributed by atoms with van der Waals surface area (Å²) < 4.78 is 11.2. The molecule has 1 heterocycles. The van der Waals surface area contributed by atoms with Gasteiger partial charge >= 0.3 is 5.97 Å². The molecule has 1 saturated carbocycles. The minimum absolute atomic E-state index is 0.275. The zero-order valence-corrected chi connectivity index (χ0v) is 15.8. The van der Waals surface area contributed by atoms with E-state index in [2.05, 4.69) is 10.3 Å². The number of esters is 1. The minimum Gasteiger partial charge on any atom is -0.497 e. The maximum Gasteiger partial charge on any atom is 0.306 e. The number of carbonyl (C=O) groups is 2. The van der Waals surface area contributed by atoms with Crippen LogP contribution in [0.1, 0.15) is 44.9 Å². The molecule has 1 N–H and O–H groups in total. The average molecular weight is 376 g/mol. The van der Waals surface area contributed by atoms with Crippen LogP contribution in [0.5, 0.6) is 5.75 Å². The fraction of sp³-hybridized carbons (Fsp3) is 0.526. The Morgan fingerprint density at radius 3 is 2.85 bits per heavy atom. The highest BCUT2D eigenvalue weighted by molar-refractivity contribution is 7.22. The van der Waals surface area contributed by atoms with Crippen molar-refractivity contribution in [2.45, 2.75) is 44.9 Å². The normalized spacial score (nSPS) is 15.0. The fourth-order valence-electron chi connectivity index (χ4n) is 3.26. The smallest absolute Gasteiger partial charge is 0.306 e. The molecule has 2 aromatic rings. The summed E-state index contributed by atoms with van der Waals surface area (Å²) in [6.07, 6.45) is 7.48. The molecule has 26 heavy (non-hydrogen) atoms. The van der Waals surface area contributed by atoms with Crippen molar-refractivity contribution >= 4 is 38.6 Å². The molecule has 7 heteroatoms. The number of hydrogen-bond donors (Lipinski definition) is 1. The SMILES string of the molecule is COc1ccc2nc(NC(=O)COC(=O)CCC3CCCCC3)sc2c1. The van der Waals surface area contributed by atoms with Gasteiger partial charge < -0.3 is 9.47 Å². The second-order valence-electron chi connectivity index (χ2n) is 6.60. The van der Waals surface area contributed by atoms with Crippen molar-refractivity contribution in [1.82, 2.24) is 4.98 Å². The number of carbonyl (C=O) groups excluding carboxylic acids is 2. The number of amides is 1. The van der Waals surface area contributed by atoms with E-state index in [-0.39, 0.29) is 18.5 Å². The quantitative estimate of drug-likeness (QED) is 0.735. The van der Waals surface area contributed by atoms with E-state index in [1.165, 1.54) is 43.4 Å². The Morgan fingerprint density at radius 2 is 2.08 bits per heavy atom. The number of benzene rings is 1. The first-order valence-electron chi connectivity index (χ1n) is 9.04. The van der Waals surface area contributed by atoms with Crippen molar-refractivity contribution in [3.05, 3.63) is 18.2 Å². The molecule has 1 aromatic carbocycles. The van der Waals surface area contributed by atoms with Gasteiger partial charge in [-0.25, -0.2) is 4.98 Å². The third kappa shape index (κ3) is 5.17. The summed E-state index contributed by atoms with van der Waals surface area (Å²) in [5, 5.41) is 3.16. The zero-order valence-electron chi connectivity index (χ0n) is 15.0. The third-order valence-electron chi connectivity index (χ3n) is 4.69. The van der Waals surface area contributed by atoms with Gasteiger partial charge in [0, 0.05) is 6.42 Å². The molecule has 1 aromatic heterocycles. The zero-order chi connectivity index (χ0) is 18.4. The minimum atomic E-state index is -0.373. The largest absolute Gasteiger partial charge is 0.497 e. The van der Waals surface area contributed by atoms with Gasteiger partial charge in [0.25, 0.3) is 5.91 Å². The lowest BCUT2D eigenvalue weighted by molar-refractivity contribution is -0.147. The van der Waals surface area contributed by atoms with Crippen LogP contribution in [0.2, 0.25) is 0 Å². The molecular weight excluding hydrogens is 352 g/mol. The summed E-state index contributed by atoms with van der Waals surface area (Å²) >= 11 is 1.35. The Hall–Kier alpha value is -2.15. The number of fused-ring (bicyclic) bond motifs is 1. The van der Waals surface area contributed by atoms with Gasteiger partial charge in [-0.15, -0.1) is 0 Å². The first kappa shape index (κ1) is 18.6. The van der Waals surface area contributed by atoms with Crippen LogP contribution in [0.4, 0.5) is 5.13 Å². The van der Waals surface area contributed by atoms with E-state index in [4.69, 9.17) is 9.47 Å². The number of anilines is 1. The monoisotopic (exact) mass is 376 g/mol. The van der Waals surface area contributed by atoms with Crippen LogP contribution in [0, 0.1) is 5.92 Å². The molecule has 0 spiro atoms. The van der Waals surface area contributed by atoms with Crippen LogP contribution in [0.15, 0.2) is 18.2 Å². The van der Waals surface area contributed by atoms with E-state index in [0.29, 0.717) is 17.5 Å². The molecule has 0 saturated heterocycles. The van der Waals surface area contributed by atoms with Gasteiger partial charge in [-0.1, -0.05) is 43.4 Å². The molecule has 0 aliphatic heterocycles. The van der Waals surface area contributed by atoms with Crippen molar-refractivity contribution in [3.8, 4) is 5.75 Å². The number of nitrogens with one attached hydrogen (secondary N) is 1. The standard InChI is InChI=1S/C19H24N2O4S/c1-24-14-8-9-15-16(11-14)26-19(20-15)21-17(22)12-25-18(23)10-7-13-5-3-2-4-6-13/h8-9,11,13H,2-7,10,12H2,1H3,(H,20,21,22). The summed E-state index contributed by atoms with van der Waals surface area (Å²) in [6, 6.07) is 5.53. The van der Waals surface area contributed by atoms with Crippen LogP contribution in [0.3, 0.4) is 0 Å². The molecule has 6 nitrogen and oxygen atoms in total. The first-order valence-corrected chi connectivity index (χ1v) is 9.86. The number of methoxy groups -OCH3 is 1. The Morgan fingerprint density at radius 1 is 1.27 bits per heavy atom. The number of ether oxygens (including phenoxy) is 2. The highest BCUT2D eigenvalue weighted by Crippen LogP contribution is 2.29. The molecule has 0 bridgehead atoms. The van der Waals surface area contributed by atoms with Crippen molar-refractivity contribution < 1.29 is 19.1 Å². The maximum atomic E-state index is 12.0. The molecule has 140 valence electrons. The summed E-state index contributed by atoms with van der Waals surface area (Å²) in [7, 11) is 1.60. The number of aromatic nitrogens is 1. The van der Waals surface area contributed by atoms with E-state index in [0.717, 1.165) is 22.4 Å². The fourth-order valence-corrected chi connectivity index (χ4v) is 4.17. The molecule has 1 fully saturated rings. The maximum absolute atomic E-state index is 12.0. The summed E-state index contributed by atoms with van der Waals surface area (Å²) in [5.74, 6) is 0.692. The predicted octanol–water partition coefficient (Wildman–Crippen LogP) is 4.15. The van der Waals surface area contributed by atoms with Gasteiger partial charge in [-0.3, -0.25) is 14.9 Å². The number of rotatable bonds is 7. The number of hydrogen-bond acceptors (Lipinski definition) is 6. The van der Waals surface area contributed by atoms with Gasteiger partial charge in [0.05, 0.1) is 17.3 Å². The molecule has 3 rings (SSSR count). The molecule has 1 aliphatic carbocycles. The van der Waals surface area contributed by atoms with E-state index in [1.54, 1.807) is 7.11 Å². The Kier molecular flexibility index (Phi) is 6.44. The molecule has 1 aliphatic rings. The van der Waals surface area contributed by atoms with Crippen molar-refractivity contribution in [3.63, 3.8) is 0 Å². The van der Waals surface area contributed by atoms with E-state index < -0.39 is 0 Å². The highest BCUT2D eigenvalue weighted by Gasteiger charge is 2.16. The highest BCUT2D eigenvalue weighted by atomic mass is 32.1. The lowest BCUT2D eigenvalue weighted by Gasteiger charge is -2.20. The Balaban J connectivity index is 1.42. The van der Waals surface area contributed by atoms with Crippen molar-refractivity contribution in [2.24, 2.45) is 5.92 Å². The van der Waals surface area contributed by atoms with Crippen molar-refractivity contribution in [1.29, 1.82) is 0 Å². The van der Waals surface area contributed by atoms with Crippen LogP contribution in [-0.2, 0) is 14.3 Å². The third-order valence-corrected chi connectivity index (χ3v) is 5.62. The van der Waals surface area contributed by atoms with Gasteiger partial charge in [0.2, 0.25) is 0 Å². The molecule has 1 amide bonds. The Bertz CT molecular complexity index is 768.